The van der Waals surface area contributed by atoms with Crippen LogP contribution in [0.5, 0.6) is 0 Å². The van der Waals surface area contributed by atoms with Gasteiger partial charge < -0.3 is 10.4 Å². The van der Waals surface area contributed by atoms with Crippen LogP contribution in [0.1, 0.15) is 65.6 Å². The van der Waals surface area contributed by atoms with E-state index in [-0.39, 0.29) is 49.8 Å². The van der Waals surface area contributed by atoms with Crippen LogP contribution in [0.25, 0.3) is 22.0 Å². The first-order valence-electron chi connectivity index (χ1n) is 17.2. The number of alkyl halides is 5. The van der Waals surface area contributed by atoms with E-state index < -0.39 is 100 Å². The zero-order chi connectivity index (χ0) is 42.5. The van der Waals surface area contributed by atoms with Crippen LogP contribution in [0.4, 0.5) is 36.6 Å². The molecule has 1 aliphatic carbocycles. The second-order valence-corrected chi connectivity index (χ2v) is 16.1. The summed E-state index contributed by atoms with van der Waals surface area (Å²) in [7, 11) is -2.38. The Labute approximate surface area is 332 Å². The van der Waals surface area contributed by atoms with Gasteiger partial charge >= 0.3 is 0 Å². The Morgan fingerprint density at radius 3 is 2.43 bits per heavy atom. The molecule has 5 aromatic rings. The minimum Gasteiger partial charge on any atom is -0.375 e. The molecule has 0 fully saturated rings. The molecule has 11 nitrogen and oxygen atoms in total. The number of sulfonamides is 1. The fourth-order valence-electron chi connectivity index (χ4n) is 6.87. The second kappa shape index (κ2) is 15.7. The lowest BCUT2D eigenvalue weighted by Crippen LogP contribution is -2.35. The number of aliphatic hydroxyl groups is 1. The van der Waals surface area contributed by atoms with Crippen LogP contribution in [-0.4, -0.2) is 62.5 Å². The number of rotatable bonds is 12. The van der Waals surface area contributed by atoms with Crippen LogP contribution in [0.15, 0.2) is 55.1 Å². The largest absolute Gasteiger partial charge is 0.375 e. The van der Waals surface area contributed by atoms with Crippen molar-refractivity contribution in [2.45, 2.75) is 56.2 Å². The minimum atomic E-state index is -3.87. The van der Waals surface area contributed by atoms with E-state index in [9.17, 15) is 40.3 Å². The third-order valence-electron chi connectivity index (χ3n) is 9.18. The molecular weight excluding hydrogens is 819 g/mol. The maximum Gasteiger partial charge on any atom is 0.290 e. The number of carbonyl (C=O) groups is 1. The third-order valence-corrected chi connectivity index (χ3v) is 10.1. The molecular formula is C38H33ClF7N7O4S. The molecule has 3 aromatic heterocycles. The van der Waals surface area contributed by atoms with E-state index >= 15 is 8.78 Å². The van der Waals surface area contributed by atoms with Crippen molar-refractivity contribution in [2.24, 2.45) is 7.05 Å². The predicted molar refractivity (Wildman–Crippen MR) is 200 cm³/mol. The molecule has 0 bridgehead atoms. The summed E-state index contributed by atoms with van der Waals surface area (Å²) in [4.78, 5) is 18.5. The summed E-state index contributed by atoms with van der Waals surface area (Å²) in [6, 6.07) is 6.93. The van der Waals surface area contributed by atoms with E-state index in [4.69, 9.17) is 11.6 Å². The fraction of sp³-hybridized carbons (Fsp3) is 0.316. The fourth-order valence-corrected chi connectivity index (χ4v) is 7.60. The Morgan fingerprint density at radius 1 is 1.14 bits per heavy atom. The average molecular weight is 852 g/mol. The zero-order valence-corrected chi connectivity index (χ0v) is 32.3. The van der Waals surface area contributed by atoms with Crippen molar-refractivity contribution < 1.29 is 49.1 Å². The molecule has 0 saturated carbocycles. The van der Waals surface area contributed by atoms with Gasteiger partial charge in [0.25, 0.3) is 12.3 Å². The van der Waals surface area contributed by atoms with Crippen molar-refractivity contribution in [3.8, 4) is 23.0 Å². The van der Waals surface area contributed by atoms with Gasteiger partial charge in [-0.2, -0.15) is 19.0 Å². The summed E-state index contributed by atoms with van der Waals surface area (Å²) in [5.41, 5.74) is -3.85. The Hall–Kier alpha value is -5.45. The Bertz CT molecular complexity index is 2620. The maximum atomic E-state index is 15.3. The quantitative estimate of drug-likeness (QED) is 0.0697. The minimum absolute atomic E-state index is 0.0193. The molecule has 6 rings (SSSR count). The summed E-state index contributed by atoms with van der Waals surface area (Å²) in [6.07, 6.45) is -2.56. The van der Waals surface area contributed by atoms with Crippen LogP contribution >= 0.6 is 11.6 Å². The molecule has 58 heavy (non-hydrogen) atoms. The third kappa shape index (κ3) is 8.68. The Balaban J connectivity index is 1.55. The smallest absolute Gasteiger partial charge is 0.290 e. The van der Waals surface area contributed by atoms with Crippen LogP contribution < -0.4 is 10.0 Å². The van der Waals surface area contributed by atoms with Crippen molar-refractivity contribution in [1.29, 1.82) is 0 Å². The number of nitrogens with zero attached hydrogens (tertiary/aromatic N) is 5. The number of fused-ring (bicyclic) bond motifs is 2. The van der Waals surface area contributed by atoms with Gasteiger partial charge in [-0.1, -0.05) is 29.7 Å². The molecule has 3 N–H and O–H groups in total. The van der Waals surface area contributed by atoms with Crippen molar-refractivity contribution in [1.82, 2.24) is 29.9 Å². The molecule has 1 unspecified atom stereocenters. The van der Waals surface area contributed by atoms with Gasteiger partial charge in [-0.3, -0.25) is 18.9 Å². The SMILES string of the molecule is C=C[C@H]1CC(F)(F)c2c1c(C(F)F)nn2CC(=O)N[C@@H](Cc1cc(F)cc(F)c1)c1nc(C#CC(C)(O)CF)ccc1-c1ccc(Cl)c2c(NS(C)(=O)=O)nn(C)c12. The number of allylic oxidation sites excluding steroid dienone is 1. The van der Waals surface area contributed by atoms with Crippen LogP contribution in [0, 0.1) is 23.5 Å². The first kappa shape index (κ1) is 42.2. The number of amides is 1. The summed E-state index contributed by atoms with van der Waals surface area (Å²) in [5.74, 6) is -3.09. The predicted octanol–water partition coefficient (Wildman–Crippen LogP) is 7.01. The van der Waals surface area contributed by atoms with Crippen molar-refractivity contribution in [3.05, 3.63) is 106 Å². The number of hydrogen-bond acceptors (Lipinski definition) is 7. The number of nitrogens with one attached hydrogen (secondary N) is 2. The van der Waals surface area contributed by atoms with E-state index in [1.165, 1.54) is 36.0 Å². The average Bonchev–Trinajstić information content (AvgIpc) is 3.75. The summed E-state index contributed by atoms with van der Waals surface area (Å²) in [5, 5.41) is 21.1. The van der Waals surface area contributed by atoms with Gasteiger partial charge in [-0.15, -0.1) is 6.58 Å². The normalized spacial score (nSPS) is 16.4. The van der Waals surface area contributed by atoms with Crippen molar-refractivity contribution in [3.63, 3.8) is 0 Å². The molecule has 20 heteroatoms. The molecule has 3 atom stereocenters. The van der Waals surface area contributed by atoms with Gasteiger partial charge in [0.2, 0.25) is 15.9 Å². The highest BCUT2D eigenvalue weighted by molar-refractivity contribution is 7.92. The van der Waals surface area contributed by atoms with E-state index in [0.29, 0.717) is 10.7 Å². The number of carbonyl (C=O) groups excluding carboxylic acids is 1. The van der Waals surface area contributed by atoms with Crippen LogP contribution in [0.2, 0.25) is 5.02 Å². The monoisotopic (exact) mass is 851 g/mol. The van der Waals surface area contributed by atoms with Crippen molar-refractivity contribution >= 4 is 44.3 Å². The van der Waals surface area contributed by atoms with E-state index in [0.717, 1.165) is 31.4 Å². The zero-order valence-electron chi connectivity index (χ0n) is 30.7. The van der Waals surface area contributed by atoms with E-state index in [1.54, 1.807) is 0 Å². The van der Waals surface area contributed by atoms with Gasteiger partial charge in [-0.25, -0.2) is 35.4 Å². The molecule has 0 aliphatic heterocycles. The van der Waals surface area contributed by atoms with E-state index in [2.05, 4.69) is 43.6 Å². The maximum absolute atomic E-state index is 15.3. The van der Waals surface area contributed by atoms with Gasteiger partial charge in [-0.05, 0) is 55.2 Å². The van der Waals surface area contributed by atoms with Gasteiger partial charge in [0.15, 0.2) is 11.4 Å². The number of hydrogen-bond donors (Lipinski definition) is 3. The molecule has 0 spiro atoms. The molecule has 0 radical (unpaired) electrons. The van der Waals surface area contributed by atoms with Gasteiger partial charge in [0.05, 0.1) is 33.9 Å². The highest BCUT2D eigenvalue weighted by Crippen LogP contribution is 2.51. The molecule has 0 saturated heterocycles. The number of aromatic nitrogens is 5. The molecule has 1 aliphatic rings. The number of halogens is 8. The molecule has 1 amide bonds. The number of anilines is 1. The topological polar surface area (TPSA) is 144 Å². The first-order valence-corrected chi connectivity index (χ1v) is 19.5. The molecule has 2 aromatic carbocycles. The second-order valence-electron chi connectivity index (χ2n) is 13.9. The highest BCUT2D eigenvalue weighted by Gasteiger charge is 2.50. The first-order chi connectivity index (χ1) is 27.1. The Morgan fingerprint density at radius 2 is 1.81 bits per heavy atom. The standard InChI is InChI=1S/C38H33ClF7N7O4S/c1-5-20-16-38(45,46)34-29(20)32(35(43)44)49-53(34)17-28(54)48-27(14-19-12-21(41)15-22(42)13-19)31-24(7-6-23(47-31)10-11-37(2,55)18-40)25-8-9-26(39)30-33(25)52(3)50-36(30)51-58(4,56)57/h5-9,12-13,15,20,27,35,55H,1,14,16-18H2,2-4H3,(H,48,54)(H,50,51)/t20-,27-,37?/m0/s1. The lowest BCUT2D eigenvalue weighted by Gasteiger charge is -2.23. The molecule has 3 heterocycles. The summed E-state index contributed by atoms with van der Waals surface area (Å²) in [6.45, 7) is 2.33. The van der Waals surface area contributed by atoms with Crippen molar-refractivity contribution in [2.75, 3.05) is 17.7 Å². The number of benzene rings is 2. The van der Waals surface area contributed by atoms with Gasteiger partial charge in [0, 0.05) is 42.1 Å². The lowest BCUT2D eigenvalue weighted by molar-refractivity contribution is -0.122. The summed E-state index contributed by atoms with van der Waals surface area (Å²) >= 11 is 6.55. The van der Waals surface area contributed by atoms with E-state index in [1.807, 2.05) is 0 Å². The van der Waals surface area contributed by atoms with Gasteiger partial charge in [0.1, 0.15) is 41.9 Å². The summed E-state index contributed by atoms with van der Waals surface area (Å²) < 4.78 is 130. The number of aryl methyl sites for hydroxylation is 1. The number of pyridine rings is 1. The molecule has 306 valence electrons. The lowest BCUT2D eigenvalue weighted by atomic mass is 9.93. The van der Waals surface area contributed by atoms with Crippen LogP contribution in [0.3, 0.4) is 0 Å². The van der Waals surface area contributed by atoms with Crippen LogP contribution in [-0.2, 0) is 40.8 Å². The Kier molecular flexibility index (Phi) is 11.4. The highest BCUT2D eigenvalue weighted by atomic mass is 35.5.